The number of carbonyl (C=O) groups excluding carboxylic acids is 1. The highest BCUT2D eigenvalue weighted by atomic mass is 32.1. The molecule has 21 heavy (non-hydrogen) atoms. The second kappa shape index (κ2) is 6.85. The van der Waals surface area contributed by atoms with Crippen LogP contribution in [0.25, 0.3) is 0 Å². The number of thiazole rings is 1. The number of piperazine rings is 1. The van der Waals surface area contributed by atoms with Crippen molar-refractivity contribution in [3.8, 4) is 0 Å². The third-order valence-electron chi connectivity index (χ3n) is 4.36. The Morgan fingerprint density at radius 2 is 2.24 bits per heavy atom. The second-order valence-corrected chi connectivity index (χ2v) is 7.07. The predicted molar refractivity (Wildman–Crippen MR) is 84.3 cm³/mol. The van der Waals surface area contributed by atoms with Crippen LogP contribution in [0.15, 0.2) is 5.38 Å². The van der Waals surface area contributed by atoms with Gasteiger partial charge in [-0.25, -0.2) is 4.98 Å². The van der Waals surface area contributed by atoms with Crippen molar-refractivity contribution < 1.29 is 4.79 Å². The molecule has 3 heterocycles. The smallest absolute Gasteiger partial charge is 0.224 e. The van der Waals surface area contributed by atoms with Crippen LogP contribution in [-0.2, 0) is 11.3 Å². The molecule has 3 rings (SSSR count). The van der Waals surface area contributed by atoms with Gasteiger partial charge in [-0.2, -0.15) is 0 Å². The Bertz CT molecular complexity index is 476. The molecule has 0 aliphatic carbocycles. The lowest BCUT2D eigenvalue weighted by atomic mass is 10.1. The summed E-state index contributed by atoms with van der Waals surface area (Å²) in [6.45, 7) is 7.65. The third kappa shape index (κ3) is 4.02. The normalized spacial score (nSPS) is 23.7. The van der Waals surface area contributed by atoms with Crippen molar-refractivity contribution in [3.63, 3.8) is 0 Å². The van der Waals surface area contributed by atoms with E-state index >= 15 is 0 Å². The van der Waals surface area contributed by atoms with Gasteiger partial charge in [-0.15, -0.1) is 11.3 Å². The van der Waals surface area contributed by atoms with Crippen LogP contribution in [0.1, 0.15) is 30.0 Å². The number of hydrogen-bond acceptors (Lipinski definition) is 5. The standard InChI is InChI=1S/C15H24N4OS/c1-12-17-14(11-21-12)10-18-5-7-19(8-6-18)15(20)9-13-3-2-4-16-13/h11,13,16H,2-10H2,1H3. The van der Waals surface area contributed by atoms with Gasteiger partial charge in [0.2, 0.25) is 5.91 Å². The number of aryl methyl sites for hydroxylation is 1. The lowest BCUT2D eigenvalue weighted by molar-refractivity contribution is -0.133. The van der Waals surface area contributed by atoms with E-state index in [1.54, 1.807) is 11.3 Å². The highest BCUT2D eigenvalue weighted by Gasteiger charge is 2.25. The van der Waals surface area contributed by atoms with Gasteiger partial charge in [-0.05, 0) is 26.3 Å². The van der Waals surface area contributed by atoms with Crippen molar-refractivity contribution in [2.45, 2.75) is 38.8 Å². The van der Waals surface area contributed by atoms with Gasteiger partial charge < -0.3 is 10.2 Å². The Hall–Kier alpha value is -0.980. The minimum atomic E-state index is 0.318. The first-order valence-electron chi connectivity index (χ1n) is 7.85. The van der Waals surface area contributed by atoms with Crippen LogP contribution in [0.2, 0.25) is 0 Å². The molecule has 1 unspecified atom stereocenters. The van der Waals surface area contributed by atoms with Gasteiger partial charge in [0.05, 0.1) is 10.7 Å². The summed E-state index contributed by atoms with van der Waals surface area (Å²) in [7, 11) is 0. The largest absolute Gasteiger partial charge is 0.340 e. The van der Waals surface area contributed by atoms with Crippen molar-refractivity contribution in [1.29, 1.82) is 0 Å². The van der Waals surface area contributed by atoms with E-state index in [4.69, 9.17) is 0 Å². The minimum Gasteiger partial charge on any atom is -0.340 e. The molecule has 2 saturated heterocycles. The molecule has 1 aromatic rings. The molecule has 6 heteroatoms. The van der Waals surface area contributed by atoms with E-state index in [-0.39, 0.29) is 0 Å². The fraction of sp³-hybridized carbons (Fsp3) is 0.733. The van der Waals surface area contributed by atoms with Crippen LogP contribution in [0, 0.1) is 6.92 Å². The van der Waals surface area contributed by atoms with Gasteiger partial charge in [-0.3, -0.25) is 9.69 Å². The molecule has 0 aromatic carbocycles. The summed E-state index contributed by atoms with van der Waals surface area (Å²) in [5.74, 6) is 0.318. The second-order valence-electron chi connectivity index (χ2n) is 6.01. The van der Waals surface area contributed by atoms with Crippen molar-refractivity contribution in [3.05, 3.63) is 16.1 Å². The highest BCUT2D eigenvalue weighted by Crippen LogP contribution is 2.14. The number of carbonyl (C=O) groups is 1. The van der Waals surface area contributed by atoms with Crippen molar-refractivity contribution in [1.82, 2.24) is 20.1 Å². The Morgan fingerprint density at radius 1 is 1.43 bits per heavy atom. The van der Waals surface area contributed by atoms with Crippen molar-refractivity contribution in [2.24, 2.45) is 0 Å². The molecule has 5 nitrogen and oxygen atoms in total. The van der Waals surface area contributed by atoms with Gasteiger partial charge in [0, 0.05) is 50.6 Å². The molecule has 0 radical (unpaired) electrons. The van der Waals surface area contributed by atoms with Gasteiger partial charge in [-0.1, -0.05) is 0 Å². The SMILES string of the molecule is Cc1nc(CN2CCN(C(=O)CC3CCCN3)CC2)cs1. The number of aromatic nitrogens is 1. The molecule has 0 bridgehead atoms. The summed E-state index contributed by atoms with van der Waals surface area (Å²) >= 11 is 1.71. The number of rotatable bonds is 4. The summed E-state index contributed by atoms with van der Waals surface area (Å²) < 4.78 is 0. The quantitative estimate of drug-likeness (QED) is 0.909. The third-order valence-corrected chi connectivity index (χ3v) is 5.18. The van der Waals surface area contributed by atoms with Crippen molar-refractivity contribution in [2.75, 3.05) is 32.7 Å². The number of hydrogen-bond donors (Lipinski definition) is 1. The summed E-state index contributed by atoms with van der Waals surface area (Å²) in [4.78, 5) is 21.2. The lowest BCUT2D eigenvalue weighted by Gasteiger charge is -2.34. The first kappa shape index (κ1) is 14.9. The predicted octanol–water partition coefficient (Wildman–Crippen LogP) is 1.24. The van der Waals surface area contributed by atoms with Crippen LogP contribution in [0.3, 0.4) is 0 Å². The van der Waals surface area contributed by atoms with E-state index in [9.17, 15) is 4.79 Å². The van der Waals surface area contributed by atoms with E-state index in [2.05, 4.69) is 20.6 Å². The molecule has 1 amide bonds. The van der Waals surface area contributed by atoms with E-state index < -0.39 is 0 Å². The highest BCUT2D eigenvalue weighted by molar-refractivity contribution is 7.09. The zero-order chi connectivity index (χ0) is 14.7. The summed E-state index contributed by atoms with van der Waals surface area (Å²) in [5.41, 5.74) is 1.16. The Morgan fingerprint density at radius 3 is 2.86 bits per heavy atom. The maximum Gasteiger partial charge on any atom is 0.224 e. The first-order valence-corrected chi connectivity index (χ1v) is 8.73. The monoisotopic (exact) mass is 308 g/mol. The Kier molecular flexibility index (Phi) is 4.87. The van der Waals surface area contributed by atoms with Gasteiger partial charge in [0.15, 0.2) is 0 Å². The first-order chi connectivity index (χ1) is 10.2. The fourth-order valence-corrected chi connectivity index (χ4v) is 3.74. The zero-order valence-electron chi connectivity index (χ0n) is 12.7. The van der Waals surface area contributed by atoms with E-state index in [0.29, 0.717) is 18.4 Å². The molecular weight excluding hydrogens is 284 g/mol. The number of amides is 1. The number of nitrogens with one attached hydrogen (secondary N) is 1. The van der Waals surface area contributed by atoms with Gasteiger partial charge in [0.25, 0.3) is 0 Å². The Labute approximate surface area is 130 Å². The lowest BCUT2D eigenvalue weighted by Crippen LogP contribution is -2.49. The minimum absolute atomic E-state index is 0.318. The van der Waals surface area contributed by atoms with E-state index in [1.165, 1.54) is 6.42 Å². The molecule has 0 saturated carbocycles. The number of nitrogens with zero attached hydrogens (tertiary/aromatic N) is 3. The molecule has 116 valence electrons. The van der Waals surface area contributed by atoms with Gasteiger partial charge in [0.1, 0.15) is 0 Å². The molecular formula is C15H24N4OS. The summed E-state index contributed by atoms with van der Waals surface area (Å²) in [5, 5.41) is 6.67. The van der Waals surface area contributed by atoms with Crippen LogP contribution in [-0.4, -0.2) is 59.5 Å². The van der Waals surface area contributed by atoms with Crippen molar-refractivity contribution >= 4 is 17.2 Å². The fourth-order valence-electron chi connectivity index (χ4n) is 3.14. The van der Waals surface area contributed by atoms with E-state index in [0.717, 1.165) is 56.4 Å². The van der Waals surface area contributed by atoms with Crippen LogP contribution < -0.4 is 5.32 Å². The molecule has 2 aliphatic rings. The van der Waals surface area contributed by atoms with Crippen LogP contribution in [0.4, 0.5) is 0 Å². The maximum atomic E-state index is 12.3. The zero-order valence-corrected chi connectivity index (χ0v) is 13.5. The van der Waals surface area contributed by atoms with E-state index in [1.807, 2.05) is 11.8 Å². The molecule has 0 spiro atoms. The average molecular weight is 308 g/mol. The Balaban J connectivity index is 1.42. The summed E-state index contributed by atoms with van der Waals surface area (Å²) in [6.07, 6.45) is 3.03. The molecule has 1 atom stereocenters. The van der Waals surface area contributed by atoms with Crippen LogP contribution in [0.5, 0.6) is 0 Å². The topological polar surface area (TPSA) is 48.5 Å². The maximum absolute atomic E-state index is 12.3. The van der Waals surface area contributed by atoms with Crippen LogP contribution >= 0.6 is 11.3 Å². The molecule has 2 aliphatic heterocycles. The van der Waals surface area contributed by atoms with Gasteiger partial charge >= 0.3 is 0 Å². The molecule has 1 N–H and O–H groups in total. The average Bonchev–Trinajstić information content (AvgIpc) is 3.12. The summed E-state index contributed by atoms with van der Waals surface area (Å²) in [6, 6.07) is 0.411. The molecule has 1 aromatic heterocycles. The molecule has 2 fully saturated rings.